The normalized spacial score (nSPS) is 11.4. The maximum Gasteiger partial charge on any atom is 0.132 e. The van der Waals surface area contributed by atoms with E-state index in [-0.39, 0.29) is 17.0 Å². The minimum Gasteiger partial charge on any atom is -1.00 e. The average molecular weight is 483 g/mol. The van der Waals surface area contributed by atoms with E-state index in [1.54, 1.807) is 0 Å². The lowest BCUT2D eigenvalue weighted by Gasteiger charge is -2.36. The predicted molar refractivity (Wildman–Crippen MR) is 134 cm³/mol. The zero-order valence-corrected chi connectivity index (χ0v) is 22.2. The molecule has 0 aliphatic carbocycles. The number of hydrogen-bond donors (Lipinski definition) is 0. The molecule has 0 N–H and O–H groups in total. The van der Waals surface area contributed by atoms with Crippen LogP contribution in [0.15, 0.2) is 30.3 Å². The highest BCUT2D eigenvalue weighted by atomic mass is 79.9. The lowest BCUT2D eigenvalue weighted by molar-refractivity contribution is -0.00000637. The lowest BCUT2D eigenvalue weighted by atomic mass is 10.0. The molecule has 176 valence electrons. The van der Waals surface area contributed by atoms with Gasteiger partial charge in [0, 0.05) is 0 Å². The van der Waals surface area contributed by atoms with Gasteiger partial charge in [-0.3, -0.25) is 4.48 Å². The third-order valence-corrected chi connectivity index (χ3v) is 6.95. The molecule has 1 aromatic carbocycles. The van der Waals surface area contributed by atoms with Crippen LogP contribution in [-0.2, 0) is 0 Å². The number of nitrogens with zero attached hydrogens (tertiary/aromatic N) is 1. The van der Waals surface area contributed by atoms with Crippen LogP contribution in [0, 0.1) is 0 Å². The van der Waals surface area contributed by atoms with Crippen molar-refractivity contribution in [2.45, 2.75) is 124 Å². The van der Waals surface area contributed by atoms with Gasteiger partial charge in [0.25, 0.3) is 0 Å². The van der Waals surface area contributed by atoms with E-state index in [0.717, 1.165) is 4.48 Å². The quantitative estimate of drug-likeness (QED) is 0.151. The summed E-state index contributed by atoms with van der Waals surface area (Å²) in [5, 5.41) is 0. The third-order valence-electron chi connectivity index (χ3n) is 6.95. The Kier molecular flexibility index (Phi) is 20.3. The Hall–Kier alpha value is -0.340. The Morgan fingerprint density at radius 2 is 0.867 bits per heavy atom. The summed E-state index contributed by atoms with van der Waals surface area (Å²) in [7, 11) is 0. The summed E-state index contributed by atoms with van der Waals surface area (Å²) < 4.78 is 1.15. The van der Waals surface area contributed by atoms with E-state index in [4.69, 9.17) is 0 Å². The van der Waals surface area contributed by atoms with Crippen molar-refractivity contribution >= 4 is 5.69 Å². The topological polar surface area (TPSA) is 0 Å². The Labute approximate surface area is 200 Å². The molecule has 1 nitrogen and oxygen atoms in total. The van der Waals surface area contributed by atoms with E-state index in [0.29, 0.717) is 0 Å². The van der Waals surface area contributed by atoms with Gasteiger partial charge in [0.2, 0.25) is 0 Å². The smallest absolute Gasteiger partial charge is 0.132 e. The van der Waals surface area contributed by atoms with Crippen molar-refractivity contribution in [2.24, 2.45) is 0 Å². The van der Waals surface area contributed by atoms with E-state index in [9.17, 15) is 0 Å². The zero-order valence-electron chi connectivity index (χ0n) is 20.6. The highest BCUT2D eigenvalue weighted by molar-refractivity contribution is 5.42. The Balaban J connectivity index is 0.00000841. The van der Waals surface area contributed by atoms with Gasteiger partial charge < -0.3 is 17.0 Å². The number of quaternary nitrogens is 1. The van der Waals surface area contributed by atoms with Crippen molar-refractivity contribution in [1.29, 1.82) is 0 Å². The fraction of sp³-hybridized carbons (Fsp3) is 0.786. The number of benzene rings is 1. The standard InChI is InChI=1S/C28H52N.BrH/c1-4-7-8-9-10-11-12-13-14-15-16-17-18-19-20-24-27-29(5-2,6-3)28-25-22-21-23-26-28;/h21-23,25-26H,4-20,24,27H2,1-3H3;1H/q+1;/p-1. The maximum atomic E-state index is 2.35. The monoisotopic (exact) mass is 481 g/mol. The number of hydrogen-bond acceptors (Lipinski definition) is 0. The summed E-state index contributed by atoms with van der Waals surface area (Å²) in [6.45, 7) is 10.7. The molecule has 0 heterocycles. The molecule has 1 rings (SSSR count). The Morgan fingerprint density at radius 1 is 0.500 bits per heavy atom. The molecule has 30 heavy (non-hydrogen) atoms. The second kappa shape index (κ2) is 20.6. The van der Waals surface area contributed by atoms with Gasteiger partial charge in [-0.2, -0.15) is 0 Å². The van der Waals surface area contributed by atoms with Crippen LogP contribution in [0.3, 0.4) is 0 Å². The Bertz CT molecular complexity index is 455. The van der Waals surface area contributed by atoms with Crippen LogP contribution < -0.4 is 21.5 Å². The molecule has 0 unspecified atom stereocenters. The molecule has 0 bridgehead atoms. The van der Waals surface area contributed by atoms with Gasteiger partial charge in [-0.1, -0.05) is 115 Å². The van der Waals surface area contributed by atoms with Crippen molar-refractivity contribution in [2.75, 3.05) is 19.6 Å². The zero-order chi connectivity index (χ0) is 21.0. The first-order valence-corrected chi connectivity index (χ1v) is 13.2. The molecule has 0 radical (unpaired) electrons. The molecule has 0 saturated carbocycles. The summed E-state index contributed by atoms with van der Waals surface area (Å²) in [6.07, 6.45) is 23.1. The lowest BCUT2D eigenvalue weighted by Crippen LogP contribution is -3.00. The van der Waals surface area contributed by atoms with Gasteiger partial charge in [0.15, 0.2) is 0 Å². The van der Waals surface area contributed by atoms with Crippen LogP contribution in [0.4, 0.5) is 5.69 Å². The Morgan fingerprint density at radius 3 is 1.23 bits per heavy atom. The summed E-state index contributed by atoms with van der Waals surface area (Å²) >= 11 is 0. The minimum atomic E-state index is 0. The van der Waals surface area contributed by atoms with Crippen LogP contribution in [-0.4, -0.2) is 19.6 Å². The van der Waals surface area contributed by atoms with Gasteiger partial charge in [0.1, 0.15) is 5.69 Å². The van der Waals surface area contributed by atoms with Crippen LogP contribution in [0.1, 0.15) is 124 Å². The molecule has 0 spiro atoms. The predicted octanol–water partition coefficient (Wildman–Crippen LogP) is 6.30. The molecular weight excluding hydrogens is 430 g/mol. The van der Waals surface area contributed by atoms with Gasteiger partial charge in [-0.25, -0.2) is 0 Å². The van der Waals surface area contributed by atoms with Gasteiger partial charge in [-0.05, 0) is 38.8 Å². The molecule has 0 saturated heterocycles. The molecule has 0 amide bonds. The van der Waals surface area contributed by atoms with Crippen LogP contribution >= 0.6 is 0 Å². The van der Waals surface area contributed by atoms with Crippen LogP contribution in [0.25, 0.3) is 0 Å². The van der Waals surface area contributed by atoms with Crippen LogP contribution in [0.2, 0.25) is 0 Å². The van der Waals surface area contributed by atoms with E-state index in [1.165, 1.54) is 128 Å². The highest BCUT2D eigenvalue weighted by Gasteiger charge is 2.25. The summed E-state index contributed by atoms with van der Waals surface area (Å²) in [5.74, 6) is 0. The van der Waals surface area contributed by atoms with Crippen LogP contribution in [0.5, 0.6) is 0 Å². The first-order chi connectivity index (χ1) is 14.3. The van der Waals surface area contributed by atoms with Crippen molar-refractivity contribution < 1.29 is 17.0 Å². The third kappa shape index (κ3) is 13.2. The largest absolute Gasteiger partial charge is 1.00 e. The molecule has 2 heteroatoms. The summed E-state index contributed by atoms with van der Waals surface area (Å²) in [5.41, 5.74) is 1.50. The fourth-order valence-electron chi connectivity index (χ4n) is 4.74. The number of para-hydroxylation sites is 1. The number of rotatable bonds is 20. The molecule has 0 aliphatic rings. The first-order valence-electron chi connectivity index (χ1n) is 13.2. The molecule has 0 aliphatic heterocycles. The molecule has 0 atom stereocenters. The van der Waals surface area contributed by atoms with E-state index in [1.807, 2.05) is 0 Å². The number of halogens is 1. The van der Waals surface area contributed by atoms with Gasteiger partial charge in [0.05, 0.1) is 19.6 Å². The van der Waals surface area contributed by atoms with Gasteiger partial charge in [-0.15, -0.1) is 0 Å². The van der Waals surface area contributed by atoms with Crippen molar-refractivity contribution in [1.82, 2.24) is 4.48 Å². The van der Waals surface area contributed by atoms with Crippen molar-refractivity contribution in [3.05, 3.63) is 30.3 Å². The van der Waals surface area contributed by atoms with Crippen molar-refractivity contribution in [3.63, 3.8) is 0 Å². The summed E-state index contributed by atoms with van der Waals surface area (Å²) in [4.78, 5) is 0. The highest BCUT2D eigenvalue weighted by Crippen LogP contribution is 2.24. The average Bonchev–Trinajstić information content (AvgIpc) is 2.77. The maximum absolute atomic E-state index is 2.35. The van der Waals surface area contributed by atoms with Crippen molar-refractivity contribution in [3.8, 4) is 0 Å². The molecular formula is C28H52BrN. The molecule has 0 aromatic heterocycles. The fourth-order valence-corrected chi connectivity index (χ4v) is 4.74. The van der Waals surface area contributed by atoms with E-state index >= 15 is 0 Å². The molecule has 1 aromatic rings. The van der Waals surface area contributed by atoms with E-state index in [2.05, 4.69) is 51.1 Å². The van der Waals surface area contributed by atoms with E-state index < -0.39 is 0 Å². The second-order valence-electron chi connectivity index (χ2n) is 9.14. The first kappa shape index (κ1) is 29.7. The summed E-state index contributed by atoms with van der Waals surface area (Å²) in [6, 6.07) is 11.2. The molecule has 0 fully saturated rings. The second-order valence-corrected chi connectivity index (χ2v) is 9.14. The SMILES string of the molecule is CCCCCCCCCCCCCCCCCC[N+](CC)(CC)c1ccccc1.[Br-]. The number of unbranched alkanes of at least 4 members (excludes halogenated alkanes) is 15. The van der Waals surface area contributed by atoms with Gasteiger partial charge >= 0.3 is 0 Å². The minimum absolute atomic E-state index is 0.